The van der Waals surface area contributed by atoms with Crippen molar-refractivity contribution in [3.8, 4) is 0 Å². The molecule has 0 saturated carbocycles. The number of benzene rings is 1. The van der Waals surface area contributed by atoms with E-state index in [2.05, 4.69) is 6.07 Å². The molecule has 1 unspecified atom stereocenters. The Hall–Kier alpha value is -1.15. The molecule has 1 nitrogen and oxygen atoms in total. The highest BCUT2D eigenvalue weighted by Gasteiger charge is 2.16. The van der Waals surface area contributed by atoms with Crippen molar-refractivity contribution in [3.05, 3.63) is 41.5 Å². The minimum atomic E-state index is -0.747. The maximum Gasteiger partial charge on any atom is 0.189 e. The molecule has 0 fully saturated rings. The molecule has 0 heterocycles. The van der Waals surface area contributed by atoms with E-state index in [0.29, 0.717) is 0 Å². The summed E-state index contributed by atoms with van der Waals surface area (Å²) in [6.45, 7) is -0.747. The van der Waals surface area contributed by atoms with Crippen molar-refractivity contribution in [2.45, 2.75) is 6.10 Å². The second-order valence-electron chi connectivity index (χ2n) is 2.61. The van der Waals surface area contributed by atoms with Gasteiger partial charge in [0, 0.05) is 0 Å². The van der Waals surface area contributed by atoms with Crippen LogP contribution in [-0.2, 0) is 4.74 Å². The van der Waals surface area contributed by atoms with Gasteiger partial charge in [0.15, 0.2) is 6.86 Å². The molecule has 2 heteroatoms. The normalized spacial score (nSPS) is 19.6. The van der Waals surface area contributed by atoms with Crippen molar-refractivity contribution in [1.82, 2.24) is 0 Å². The molecule has 1 radical (unpaired) electrons. The third kappa shape index (κ3) is 1.14. The van der Waals surface area contributed by atoms with Gasteiger partial charge in [0.1, 0.15) is 6.10 Å². The van der Waals surface area contributed by atoms with Crippen molar-refractivity contribution >= 4 is 6.08 Å². The van der Waals surface area contributed by atoms with E-state index in [-0.39, 0.29) is 6.10 Å². The van der Waals surface area contributed by atoms with Crippen LogP contribution >= 0.6 is 0 Å². The van der Waals surface area contributed by atoms with Crippen LogP contribution in [0.15, 0.2) is 24.3 Å². The zero-order chi connectivity index (χ0) is 8.39. The summed E-state index contributed by atoms with van der Waals surface area (Å²) in [4.78, 5) is 0. The number of rotatable bonds is 2. The molecule has 1 aromatic rings. The van der Waals surface area contributed by atoms with Gasteiger partial charge in [0.05, 0.1) is 0 Å². The Kier molecular flexibility index (Phi) is 1.92. The van der Waals surface area contributed by atoms with Crippen LogP contribution in [0, 0.1) is 6.07 Å². The highest BCUT2D eigenvalue weighted by Crippen LogP contribution is 2.30. The fraction of sp³-hybridized carbons (Fsp3) is 0.200. The molecule has 0 aromatic heterocycles. The van der Waals surface area contributed by atoms with Gasteiger partial charge in [0.25, 0.3) is 0 Å². The molecule has 0 N–H and O–H groups in total. The molecule has 1 atom stereocenters. The van der Waals surface area contributed by atoms with Gasteiger partial charge in [-0.1, -0.05) is 24.3 Å². The van der Waals surface area contributed by atoms with Gasteiger partial charge in [-0.25, -0.2) is 4.39 Å². The van der Waals surface area contributed by atoms with Crippen molar-refractivity contribution < 1.29 is 9.13 Å². The maximum atomic E-state index is 11.9. The molecule has 61 valence electrons. The molecule has 0 aliphatic heterocycles. The minimum absolute atomic E-state index is 0.220. The summed E-state index contributed by atoms with van der Waals surface area (Å²) in [6.07, 6.45) is 3.56. The average molecular weight is 163 g/mol. The number of fused-ring (bicyclic) bond motifs is 1. The predicted molar refractivity (Wildman–Crippen MR) is 44.1 cm³/mol. The van der Waals surface area contributed by atoms with E-state index in [9.17, 15) is 4.39 Å². The molecular formula is C10H8FO. The number of ether oxygens (including phenoxy) is 1. The Labute approximate surface area is 70.5 Å². The van der Waals surface area contributed by atoms with Crippen LogP contribution in [-0.4, -0.2) is 6.86 Å². The second-order valence-corrected chi connectivity index (χ2v) is 2.61. The molecule has 1 aliphatic rings. The Morgan fingerprint density at radius 2 is 2.50 bits per heavy atom. The molecule has 1 aliphatic carbocycles. The van der Waals surface area contributed by atoms with E-state index < -0.39 is 6.86 Å². The lowest BCUT2D eigenvalue weighted by molar-refractivity contribution is 0.0208. The largest absolute Gasteiger partial charge is 0.338 e. The van der Waals surface area contributed by atoms with Crippen molar-refractivity contribution in [2.75, 3.05) is 6.86 Å². The topological polar surface area (TPSA) is 9.23 Å². The van der Waals surface area contributed by atoms with Crippen molar-refractivity contribution in [1.29, 1.82) is 0 Å². The van der Waals surface area contributed by atoms with E-state index in [0.717, 1.165) is 11.1 Å². The molecule has 0 amide bonds. The van der Waals surface area contributed by atoms with Crippen LogP contribution in [0.3, 0.4) is 0 Å². The van der Waals surface area contributed by atoms with Crippen LogP contribution in [0.5, 0.6) is 0 Å². The van der Waals surface area contributed by atoms with Gasteiger partial charge >= 0.3 is 0 Å². The van der Waals surface area contributed by atoms with Gasteiger partial charge in [0.2, 0.25) is 0 Å². The monoisotopic (exact) mass is 163 g/mol. The zero-order valence-corrected chi connectivity index (χ0v) is 6.46. The number of hydrogen-bond acceptors (Lipinski definition) is 1. The van der Waals surface area contributed by atoms with Gasteiger partial charge in [-0.15, -0.1) is 0 Å². The maximum absolute atomic E-state index is 11.9. The van der Waals surface area contributed by atoms with Crippen LogP contribution in [0.1, 0.15) is 17.2 Å². The van der Waals surface area contributed by atoms with Crippen molar-refractivity contribution in [2.24, 2.45) is 0 Å². The highest BCUT2D eigenvalue weighted by molar-refractivity contribution is 5.61. The highest BCUT2D eigenvalue weighted by atomic mass is 19.1. The Morgan fingerprint density at radius 1 is 1.58 bits per heavy atom. The second kappa shape index (κ2) is 3.07. The van der Waals surface area contributed by atoms with Gasteiger partial charge < -0.3 is 4.74 Å². The first-order chi connectivity index (χ1) is 5.92. The summed E-state index contributed by atoms with van der Waals surface area (Å²) in [6, 6.07) is 8.54. The minimum Gasteiger partial charge on any atom is -0.338 e. The lowest BCUT2D eigenvalue weighted by Gasteiger charge is -2.08. The van der Waals surface area contributed by atoms with Crippen molar-refractivity contribution in [3.63, 3.8) is 0 Å². The van der Waals surface area contributed by atoms with Gasteiger partial charge in [-0.2, -0.15) is 0 Å². The molecule has 12 heavy (non-hydrogen) atoms. The van der Waals surface area contributed by atoms with Crippen LogP contribution in [0.4, 0.5) is 4.39 Å². The first kappa shape index (κ1) is 7.50. The van der Waals surface area contributed by atoms with Crippen LogP contribution < -0.4 is 0 Å². The average Bonchev–Trinajstić information content (AvgIpc) is 2.50. The first-order valence-corrected chi connectivity index (χ1v) is 3.77. The van der Waals surface area contributed by atoms with Crippen LogP contribution in [0.25, 0.3) is 6.08 Å². The first-order valence-electron chi connectivity index (χ1n) is 3.77. The predicted octanol–water partition coefficient (Wildman–Crippen LogP) is 2.50. The molecule has 0 saturated heterocycles. The summed E-state index contributed by atoms with van der Waals surface area (Å²) in [5.41, 5.74) is 2.09. The Balaban J connectivity index is 2.30. The smallest absolute Gasteiger partial charge is 0.189 e. The van der Waals surface area contributed by atoms with Gasteiger partial charge in [-0.05, 0) is 23.3 Å². The third-order valence-electron chi connectivity index (χ3n) is 1.93. The van der Waals surface area contributed by atoms with E-state index in [1.54, 1.807) is 0 Å². The molecular weight excluding hydrogens is 155 g/mol. The summed E-state index contributed by atoms with van der Waals surface area (Å²) < 4.78 is 16.7. The number of hydrogen-bond donors (Lipinski definition) is 0. The molecule has 0 bridgehead atoms. The fourth-order valence-electron chi connectivity index (χ4n) is 1.36. The standard InChI is InChI=1S/C10H8FO/c11-7-12-10-6-5-8-3-1-2-4-9(8)10/h1,3-6,10H,7H2. The fourth-order valence-corrected chi connectivity index (χ4v) is 1.36. The Bertz CT molecular complexity index is 306. The zero-order valence-electron chi connectivity index (χ0n) is 6.46. The summed E-state index contributed by atoms with van der Waals surface area (Å²) >= 11 is 0. The van der Waals surface area contributed by atoms with E-state index in [4.69, 9.17) is 4.74 Å². The molecule has 0 spiro atoms. The number of halogens is 1. The van der Waals surface area contributed by atoms with Gasteiger partial charge in [-0.3, -0.25) is 0 Å². The van der Waals surface area contributed by atoms with Crippen LogP contribution in [0.2, 0.25) is 0 Å². The summed E-state index contributed by atoms with van der Waals surface area (Å²) in [5.74, 6) is 0. The van der Waals surface area contributed by atoms with E-state index in [1.807, 2.05) is 30.4 Å². The number of alkyl halides is 1. The third-order valence-corrected chi connectivity index (χ3v) is 1.93. The Morgan fingerprint density at radius 3 is 3.33 bits per heavy atom. The molecule has 2 rings (SSSR count). The summed E-state index contributed by atoms with van der Waals surface area (Å²) in [7, 11) is 0. The lowest BCUT2D eigenvalue weighted by atomic mass is 10.1. The lowest BCUT2D eigenvalue weighted by Crippen LogP contribution is -1.97. The summed E-state index contributed by atoms with van der Waals surface area (Å²) in [5, 5.41) is 0. The quantitative estimate of drug-likeness (QED) is 0.650. The van der Waals surface area contributed by atoms with E-state index in [1.165, 1.54) is 0 Å². The van der Waals surface area contributed by atoms with E-state index >= 15 is 0 Å². The SMILES string of the molecule is FCOC1C=Cc2cc[c]cc21. The molecule has 1 aromatic carbocycles.